The number of nitrogens with two attached hydrogens (primary N) is 3. The van der Waals surface area contributed by atoms with Crippen molar-refractivity contribution in [2.75, 3.05) is 5.90 Å². The van der Waals surface area contributed by atoms with Gasteiger partial charge in [-0.05, 0) is 56.3 Å². The molecular weight excluding hydrogens is 664 g/mol. The summed E-state index contributed by atoms with van der Waals surface area (Å²) in [6, 6.07) is 44.9. The molecule has 9 heteroatoms. The third kappa shape index (κ3) is 11.9. The fourth-order valence-corrected chi connectivity index (χ4v) is 11.1. The van der Waals surface area contributed by atoms with Gasteiger partial charge in [0.2, 0.25) is 0 Å². The predicted octanol–water partition coefficient (Wildman–Crippen LogP) is -2.46. The second-order valence-electron chi connectivity index (χ2n) is 9.33. The molecular formula is C31H39Cl2N3OP2Ru. The van der Waals surface area contributed by atoms with Gasteiger partial charge in [0.15, 0.2) is 0 Å². The zero-order valence-electron chi connectivity index (χ0n) is 22.3. The van der Waals surface area contributed by atoms with Crippen molar-refractivity contribution in [1.82, 2.24) is 0 Å². The van der Waals surface area contributed by atoms with Crippen molar-refractivity contribution < 1.29 is 49.8 Å². The Balaban J connectivity index is 0.00000101. The van der Waals surface area contributed by atoms with Crippen molar-refractivity contribution in [3.8, 4) is 0 Å². The summed E-state index contributed by atoms with van der Waals surface area (Å²) in [6.45, 7) is 0. The number of halogens is 2. The van der Waals surface area contributed by atoms with Crippen LogP contribution in [0.1, 0.15) is 19.3 Å². The smallest absolute Gasteiger partial charge is 1.00 e. The van der Waals surface area contributed by atoms with Crippen LogP contribution in [0.15, 0.2) is 121 Å². The summed E-state index contributed by atoms with van der Waals surface area (Å²) in [7, 11) is -0.817. The first kappa shape index (κ1) is 38.8. The minimum absolute atomic E-state index is 0. The normalized spacial score (nSPS) is 17.6. The van der Waals surface area contributed by atoms with E-state index in [0.29, 0.717) is 0 Å². The van der Waals surface area contributed by atoms with E-state index < -0.39 is 15.8 Å². The molecule has 1 fully saturated rings. The zero-order chi connectivity index (χ0) is 25.2. The molecule has 0 saturated heterocycles. The molecule has 0 unspecified atom stereocenters. The molecule has 1 aliphatic carbocycles. The first-order chi connectivity index (χ1) is 17.6. The molecule has 0 aromatic heterocycles. The topological polar surface area (TPSA) is 110 Å². The summed E-state index contributed by atoms with van der Waals surface area (Å²) in [6.07, 6.45) is 2.81. The van der Waals surface area contributed by atoms with E-state index in [-0.39, 0.29) is 67.9 Å². The van der Waals surface area contributed by atoms with Crippen molar-refractivity contribution in [1.29, 1.82) is 0 Å². The van der Waals surface area contributed by atoms with Gasteiger partial charge in [0.25, 0.3) is 0 Å². The van der Waals surface area contributed by atoms with Gasteiger partial charge in [-0.1, -0.05) is 121 Å². The van der Waals surface area contributed by atoms with Crippen LogP contribution in [-0.2, 0) is 19.5 Å². The van der Waals surface area contributed by atoms with Crippen LogP contribution in [-0.4, -0.2) is 29.5 Å². The summed E-state index contributed by atoms with van der Waals surface area (Å²) in [5, 5.41) is 5.83. The van der Waals surface area contributed by atoms with Gasteiger partial charge < -0.3 is 47.5 Å². The Kier molecular flexibility index (Phi) is 20.0. The summed E-state index contributed by atoms with van der Waals surface area (Å²) >= 11 is 0. The maximum atomic E-state index is 5.66. The Hall–Kier alpha value is -1.22. The molecule has 0 aliphatic heterocycles. The second-order valence-corrected chi connectivity index (χ2v) is 14.2. The van der Waals surface area contributed by atoms with E-state index in [4.69, 9.17) is 17.2 Å². The molecule has 40 heavy (non-hydrogen) atoms. The maximum Gasteiger partial charge on any atom is 2.00 e. The van der Waals surface area contributed by atoms with Gasteiger partial charge in [-0.2, -0.15) is 0 Å². The van der Waals surface area contributed by atoms with Gasteiger partial charge in [-0.25, -0.2) is 0 Å². The summed E-state index contributed by atoms with van der Waals surface area (Å²) in [5.74, 6) is 1.17. The molecule has 0 heterocycles. The summed E-state index contributed by atoms with van der Waals surface area (Å²) in [4.78, 5) is 0. The van der Waals surface area contributed by atoms with Crippen LogP contribution in [0.5, 0.6) is 0 Å². The Morgan fingerprint density at radius 1 is 0.450 bits per heavy atom. The molecule has 1 saturated carbocycles. The van der Waals surface area contributed by atoms with E-state index in [1.807, 2.05) is 0 Å². The van der Waals surface area contributed by atoms with Gasteiger partial charge in [0.05, 0.1) is 0 Å². The van der Waals surface area contributed by atoms with Crippen molar-refractivity contribution in [2.24, 2.45) is 17.2 Å². The van der Waals surface area contributed by atoms with E-state index in [2.05, 4.69) is 121 Å². The number of rotatable bonds is 6. The van der Waals surface area contributed by atoms with Crippen molar-refractivity contribution >= 4 is 37.1 Å². The van der Waals surface area contributed by atoms with Crippen LogP contribution in [0.4, 0.5) is 0 Å². The third-order valence-electron chi connectivity index (χ3n) is 6.37. The van der Waals surface area contributed by atoms with Crippen LogP contribution in [0.25, 0.3) is 0 Å². The van der Waals surface area contributed by atoms with E-state index in [1.54, 1.807) is 0 Å². The molecule has 8 N–H and O–H groups in total. The fraction of sp³-hybridized carbons (Fsp3) is 0.226. The van der Waals surface area contributed by atoms with Crippen LogP contribution in [0.2, 0.25) is 0 Å². The fourth-order valence-electron chi connectivity index (χ4n) is 4.65. The van der Waals surface area contributed by atoms with E-state index in [9.17, 15) is 0 Å². The van der Waals surface area contributed by atoms with Crippen molar-refractivity contribution in [3.05, 3.63) is 121 Å². The molecule has 216 valence electrons. The molecule has 0 spiro atoms. The SMILES string of the molecule is NC1CC(N)CC(N)C1.O.[Cl-].[Cl-].[Ru+2].c1ccc(P(CP(c2ccccc2)c2ccccc2)c2ccccc2)cc1. The monoisotopic (exact) mass is 703 g/mol. The van der Waals surface area contributed by atoms with Gasteiger partial charge in [-0.15, -0.1) is 0 Å². The Morgan fingerprint density at radius 2 is 0.650 bits per heavy atom. The molecule has 0 amide bonds. The van der Waals surface area contributed by atoms with E-state index in [1.165, 1.54) is 27.1 Å². The standard InChI is InChI=1S/C25H22P2.C6H15N3.2ClH.H2O.Ru/c1-5-13-22(14-6-1)26(23-15-7-2-8-16-23)21-27(24-17-9-3-10-18-24)25-19-11-4-12-20-25;7-4-1-5(8)3-6(9)2-4;;;;/h1-20H,21H2;4-6H,1-3,7-9H2;2*1H;1H2;/q;;;;;+2/p-2. The first-order valence-electron chi connectivity index (χ1n) is 12.6. The van der Waals surface area contributed by atoms with Gasteiger partial charge >= 0.3 is 19.5 Å². The second kappa shape index (κ2) is 20.6. The molecule has 1 aliphatic rings. The van der Waals surface area contributed by atoms with Crippen LogP contribution < -0.4 is 63.2 Å². The Bertz CT molecular complexity index is 983. The largest absolute Gasteiger partial charge is 2.00 e. The van der Waals surface area contributed by atoms with Crippen molar-refractivity contribution in [3.63, 3.8) is 0 Å². The number of hydrogen-bond donors (Lipinski definition) is 3. The average Bonchev–Trinajstić information content (AvgIpc) is 2.91. The van der Waals surface area contributed by atoms with E-state index >= 15 is 0 Å². The molecule has 0 radical (unpaired) electrons. The Labute approximate surface area is 267 Å². The van der Waals surface area contributed by atoms with Crippen LogP contribution >= 0.6 is 15.8 Å². The van der Waals surface area contributed by atoms with Crippen LogP contribution in [0.3, 0.4) is 0 Å². The van der Waals surface area contributed by atoms with Gasteiger partial charge in [0.1, 0.15) is 0 Å². The van der Waals surface area contributed by atoms with Gasteiger partial charge in [-0.3, -0.25) is 0 Å². The van der Waals surface area contributed by atoms with Crippen molar-refractivity contribution in [2.45, 2.75) is 37.4 Å². The Morgan fingerprint density at radius 3 is 0.850 bits per heavy atom. The molecule has 4 nitrogen and oxygen atoms in total. The molecule has 0 atom stereocenters. The number of benzene rings is 4. The summed E-state index contributed by atoms with van der Waals surface area (Å²) < 4.78 is 0. The third-order valence-corrected chi connectivity index (χ3v) is 12.3. The quantitative estimate of drug-likeness (QED) is 0.153. The predicted molar refractivity (Wildman–Crippen MR) is 164 cm³/mol. The van der Waals surface area contributed by atoms with Crippen LogP contribution in [0, 0.1) is 0 Å². The summed E-state index contributed by atoms with van der Waals surface area (Å²) in [5.41, 5.74) is 17.0. The zero-order valence-corrected chi connectivity index (χ0v) is 27.4. The van der Waals surface area contributed by atoms with Gasteiger partial charge in [0, 0.05) is 24.0 Å². The maximum absolute atomic E-state index is 5.66. The molecule has 4 aromatic rings. The molecule has 0 bridgehead atoms. The minimum atomic E-state index is -0.409. The molecule has 4 aromatic carbocycles. The first-order valence-corrected chi connectivity index (χ1v) is 15.7. The minimum Gasteiger partial charge on any atom is -1.00 e. The van der Waals surface area contributed by atoms with E-state index in [0.717, 1.165) is 19.3 Å². The average molecular weight is 704 g/mol. The number of hydrogen-bond acceptors (Lipinski definition) is 3. The molecule has 5 rings (SSSR count).